The number of halogens is 1. The lowest BCUT2D eigenvalue weighted by Gasteiger charge is -2.42. The fourth-order valence-electron chi connectivity index (χ4n) is 4.63. The number of hydrogen-bond acceptors (Lipinski definition) is 3. The molecule has 4 nitrogen and oxygen atoms in total. The fraction of sp³-hybridized carbons (Fsp3) is 0.423. The number of fused-ring (bicyclic) bond motifs is 1. The summed E-state index contributed by atoms with van der Waals surface area (Å²) in [6.07, 6.45) is 4.67. The van der Waals surface area contributed by atoms with Crippen LogP contribution in [0.25, 0.3) is 11.3 Å². The van der Waals surface area contributed by atoms with Crippen LogP contribution >= 0.6 is 0 Å². The van der Waals surface area contributed by atoms with Crippen LogP contribution in [0.2, 0.25) is 0 Å². The lowest BCUT2D eigenvalue weighted by Crippen LogP contribution is -2.44. The summed E-state index contributed by atoms with van der Waals surface area (Å²) >= 11 is 0. The molecule has 0 bridgehead atoms. The van der Waals surface area contributed by atoms with Gasteiger partial charge in [-0.25, -0.2) is 9.37 Å². The average molecular weight is 421 g/mol. The maximum atomic E-state index is 13.7. The minimum atomic E-state index is -0.185. The van der Waals surface area contributed by atoms with Crippen molar-refractivity contribution in [2.45, 2.75) is 54.0 Å². The van der Waals surface area contributed by atoms with Gasteiger partial charge in [0.15, 0.2) is 5.65 Å². The van der Waals surface area contributed by atoms with Crippen LogP contribution in [0, 0.1) is 39.4 Å². The van der Waals surface area contributed by atoms with Gasteiger partial charge in [0.05, 0.1) is 11.4 Å². The normalized spacial score (nSPS) is 14.2. The van der Waals surface area contributed by atoms with Gasteiger partial charge in [-0.3, -0.25) is 0 Å². The van der Waals surface area contributed by atoms with Gasteiger partial charge in [-0.1, -0.05) is 19.9 Å². The third kappa shape index (κ3) is 4.06. The van der Waals surface area contributed by atoms with Crippen molar-refractivity contribution in [3.8, 4) is 0 Å². The number of nitrogens with zero attached hydrogens (tertiary/aromatic N) is 3. The molecule has 1 aliphatic rings. The third-order valence-corrected chi connectivity index (χ3v) is 6.68. The molecular formula is C26H33FN4. The predicted molar refractivity (Wildman–Crippen MR) is 127 cm³/mol. The van der Waals surface area contributed by atoms with Gasteiger partial charge in [0.25, 0.3) is 0 Å². The molecule has 0 unspecified atom stereocenters. The molecule has 4 rings (SSSR count). The molecule has 1 saturated heterocycles. The number of nitrogens with one attached hydrogen (secondary N) is 1. The summed E-state index contributed by atoms with van der Waals surface area (Å²) in [7, 11) is 0. The fourth-order valence-corrected chi connectivity index (χ4v) is 4.63. The van der Waals surface area contributed by atoms with E-state index in [2.05, 4.69) is 47.3 Å². The number of hydrogen-bond donors (Lipinski definition) is 1. The maximum absolute atomic E-state index is 13.7. The summed E-state index contributed by atoms with van der Waals surface area (Å²) in [5.41, 5.74) is 9.25. The van der Waals surface area contributed by atoms with Crippen LogP contribution in [0.3, 0.4) is 0 Å². The first kappa shape index (κ1) is 21.4. The molecule has 0 amide bonds. The van der Waals surface area contributed by atoms with E-state index >= 15 is 0 Å². The number of pyridine rings is 1. The van der Waals surface area contributed by atoms with E-state index < -0.39 is 0 Å². The van der Waals surface area contributed by atoms with Gasteiger partial charge in [-0.05, 0) is 74.9 Å². The largest absolute Gasteiger partial charge is 0.378 e. The Kier molecular flexibility index (Phi) is 5.78. The molecule has 3 aromatic rings. The van der Waals surface area contributed by atoms with Gasteiger partial charge in [-0.15, -0.1) is 0 Å². The molecule has 0 aliphatic carbocycles. The number of likely N-dealkylation sites (tertiary alicyclic amines) is 1. The van der Waals surface area contributed by atoms with Crippen LogP contribution in [0.5, 0.6) is 0 Å². The van der Waals surface area contributed by atoms with E-state index in [0.29, 0.717) is 6.54 Å². The Bertz CT molecular complexity index is 1110. The summed E-state index contributed by atoms with van der Waals surface area (Å²) in [5, 5.41) is 3.58. The van der Waals surface area contributed by atoms with Gasteiger partial charge in [0.2, 0.25) is 0 Å². The molecule has 0 saturated carbocycles. The summed E-state index contributed by atoms with van der Waals surface area (Å²) < 4.78 is 15.9. The summed E-state index contributed by atoms with van der Waals surface area (Å²) in [4.78, 5) is 7.17. The Morgan fingerprint density at radius 3 is 2.48 bits per heavy atom. The van der Waals surface area contributed by atoms with Crippen molar-refractivity contribution in [3.63, 3.8) is 0 Å². The summed E-state index contributed by atoms with van der Waals surface area (Å²) in [6.45, 7) is 17.5. The molecule has 164 valence electrons. The molecule has 3 heterocycles. The molecule has 2 aromatic heterocycles. The van der Waals surface area contributed by atoms with Gasteiger partial charge >= 0.3 is 0 Å². The first-order valence-corrected chi connectivity index (χ1v) is 11.2. The Hall–Kier alpha value is -2.82. The molecule has 1 aromatic carbocycles. The molecule has 1 N–H and O–H groups in total. The van der Waals surface area contributed by atoms with Crippen molar-refractivity contribution in [3.05, 3.63) is 70.4 Å². The lowest BCUT2D eigenvalue weighted by molar-refractivity contribution is 0.164. The SMILES string of the molecule is C=C(c1cc(NCc2c(C)cc(F)cc2C)c2nc(C)c(C)n2c1)N1CC(CCC)C1. The first-order valence-electron chi connectivity index (χ1n) is 11.2. The Morgan fingerprint density at radius 1 is 1.16 bits per heavy atom. The quantitative estimate of drug-likeness (QED) is 0.507. The van der Waals surface area contributed by atoms with Crippen LogP contribution in [-0.4, -0.2) is 27.4 Å². The number of anilines is 1. The molecule has 1 fully saturated rings. The zero-order chi connectivity index (χ0) is 22.3. The van der Waals surface area contributed by atoms with Crippen molar-refractivity contribution in [2.75, 3.05) is 18.4 Å². The number of rotatable bonds is 7. The van der Waals surface area contributed by atoms with E-state index in [1.165, 1.54) is 12.8 Å². The molecule has 5 heteroatoms. The van der Waals surface area contributed by atoms with E-state index in [0.717, 1.165) is 69.7 Å². The number of aryl methyl sites for hydroxylation is 4. The van der Waals surface area contributed by atoms with E-state index in [4.69, 9.17) is 4.98 Å². The van der Waals surface area contributed by atoms with E-state index in [-0.39, 0.29) is 5.82 Å². The van der Waals surface area contributed by atoms with E-state index in [1.54, 1.807) is 12.1 Å². The van der Waals surface area contributed by atoms with Gasteiger partial charge in [0.1, 0.15) is 5.82 Å². The topological polar surface area (TPSA) is 32.6 Å². The van der Waals surface area contributed by atoms with Crippen LogP contribution < -0.4 is 5.32 Å². The van der Waals surface area contributed by atoms with Crippen LogP contribution in [0.4, 0.5) is 10.1 Å². The van der Waals surface area contributed by atoms with Crippen LogP contribution in [-0.2, 0) is 6.54 Å². The standard InChI is InChI=1S/C26H33FN4/c1-7-8-21-13-30(14-21)20(6)22-11-25(26-29-18(4)19(5)31(26)15-22)28-12-24-16(2)9-23(27)10-17(24)3/h9-11,15,21,28H,6-8,12-14H2,1-5H3. The average Bonchev–Trinajstić information content (AvgIpc) is 2.97. The highest BCUT2D eigenvalue weighted by atomic mass is 19.1. The Balaban J connectivity index is 1.65. The van der Waals surface area contributed by atoms with Crippen molar-refractivity contribution in [1.29, 1.82) is 0 Å². The lowest BCUT2D eigenvalue weighted by atomic mass is 9.93. The number of benzene rings is 1. The number of imidazole rings is 1. The Morgan fingerprint density at radius 2 is 1.84 bits per heavy atom. The second-order valence-corrected chi connectivity index (χ2v) is 9.00. The summed E-state index contributed by atoms with van der Waals surface area (Å²) in [5.74, 6) is 0.597. The maximum Gasteiger partial charge on any atom is 0.160 e. The smallest absolute Gasteiger partial charge is 0.160 e. The zero-order valence-corrected chi connectivity index (χ0v) is 19.3. The van der Waals surface area contributed by atoms with Crippen molar-refractivity contribution in [1.82, 2.24) is 14.3 Å². The molecule has 0 atom stereocenters. The predicted octanol–water partition coefficient (Wildman–Crippen LogP) is 6.02. The van der Waals surface area contributed by atoms with Gasteiger partial charge in [0, 0.05) is 42.8 Å². The van der Waals surface area contributed by atoms with Crippen molar-refractivity contribution < 1.29 is 4.39 Å². The van der Waals surface area contributed by atoms with Gasteiger partial charge in [-0.2, -0.15) is 0 Å². The second kappa shape index (κ2) is 8.37. The summed E-state index contributed by atoms with van der Waals surface area (Å²) in [6, 6.07) is 5.35. The van der Waals surface area contributed by atoms with Crippen molar-refractivity contribution >= 4 is 17.0 Å². The molecule has 31 heavy (non-hydrogen) atoms. The van der Waals surface area contributed by atoms with Crippen molar-refractivity contribution in [2.24, 2.45) is 5.92 Å². The van der Waals surface area contributed by atoms with Crippen LogP contribution in [0.15, 0.2) is 31.0 Å². The van der Waals surface area contributed by atoms with Gasteiger partial charge < -0.3 is 14.6 Å². The third-order valence-electron chi connectivity index (χ3n) is 6.68. The first-order chi connectivity index (χ1) is 14.8. The molecule has 0 radical (unpaired) electrons. The highest BCUT2D eigenvalue weighted by Gasteiger charge is 2.27. The highest BCUT2D eigenvalue weighted by Crippen LogP contribution is 2.32. The minimum absolute atomic E-state index is 0.185. The minimum Gasteiger partial charge on any atom is -0.378 e. The monoisotopic (exact) mass is 420 g/mol. The Labute approximate surface area is 184 Å². The van der Waals surface area contributed by atoms with E-state index in [1.807, 2.05) is 20.8 Å². The van der Waals surface area contributed by atoms with E-state index in [9.17, 15) is 4.39 Å². The molecule has 1 aliphatic heterocycles. The number of aromatic nitrogens is 2. The van der Waals surface area contributed by atoms with Crippen LogP contribution in [0.1, 0.15) is 53.4 Å². The molecule has 0 spiro atoms. The highest BCUT2D eigenvalue weighted by molar-refractivity contribution is 5.75. The molecular weight excluding hydrogens is 387 g/mol. The second-order valence-electron chi connectivity index (χ2n) is 9.00. The zero-order valence-electron chi connectivity index (χ0n) is 19.3.